The lowest BCUT2D eigenvalue weighted by atomic mass is 10.1. The molecule has 128 valence electrons. The van der Waals surface area contributed by atoms with Crippen LogP contribution in [-0.2, 0) is 0 Å². The first-order valence-corrected chi connectivity index (χ1v) is 8.88. The molecule has 4 aromatic rings. The average molecular weight is 407 g/mol. The number of carbonyl (C=O) groups excluding carboxylic acids is 1. The van der Waals surface area contributed by atoms with Gasteiger partial charge in [0.1, 0.15) is 0 Å². The Bertz CT molecular complexity index is 1110. The lowest BCUT2D eigenvalue weighted by molar-refractivity contribution is 0.102. The molecule has 6 heteroatoms. The van der Waals surface area contributed by atoms with Crippen molar-refractivity contribution < 1.29 is 4.79 Å². The lowest BCUT2D eigenvalue weighted by Gasteiger charge is -2.08. The highest BCUT2D eigenvalue weighted by Crippen LogP contribution is 2.21. The highest BCUT2D eigenvalue weighted by atomic mass is 79.9. The second kappa shape index (κ2) is 6.72. The molecule has 0 aliphatic heterocycles. The predicted octanol–water partition coefficient (Wildman–Crippen LogP) is 4.72. The molecule has 0 bridgehead atoms. The third-order valence-electron chi connectivity index (χ3n) is 4.15. The monoisotopic (exact) mass is 406 g/mol. The lowest BCUT2D eigenvalue weighted by Crippen LogP contribution is -2.14. The molecule has 0 saturated heterocycles. The number of fused-ring (bicyclic) bond motifs is 1. The molecule has 0 fully saturated rings. The number of anilines is 1. The van der Waals surface area contributed by atoms with Crippen molar-refractivity contribution in [1.82, 2.24) is 14.4 Å². The van der Waals surface area contributed by atoms with E-state index in [1.54, 1.807) is 12.3 Å². The molecule has 26 heavy (non-hydrogen) atoms. The summed E-state index contributed by atoms with van der Waals surface area (Å²) in [5, 5.41) is 2.90. The van der Waals surface area contributed by atoms with Crippen LogP contribution >= 0.6 is 15.9 Å². The van der Waals surface area contributed by atoms with E-state index in [0.29, 0.717) is 17.0 Å². The van der Waals surface area contributed by atoms with Gasteiger partial charge in [-0.1, -0.05) is 52.3 Å². The van der Waals surface area contributed by atoms with E-state index in [1.165, 1.54) is 0 Å². The molecule has 0 atom stereocenters. The zero-order chi connectivity index (χ0) is 18.1. The molecule has 1 N–H and O–H groups in total. The molecule has 2 aromatic heterocycles. The molecule has 1 amide bonds. The van der Waals surface area contributed by atoms with E-state index in [4.69, 9.17) is 0 Å². The smallest absolute Gasteiger partial charge is 0.256 e. The van der Waals surface area contributed by atoms with Crippen molar-refractivity contribution in [2.24, 2.45) is 0 Å². The van der Waals surface area contributed by atoms with E-state index in [2.05, 4.69) is 31.2 Å². The van der Waals surface area contributed by atoms with Gasteiger partial charge in [-0.05, 0) is 24.6 Å². The molecular weight excluding hydrogens is 392 g/mol. The van der Waals surface area contributed by atoms with Gasteiger partial charge in [0.2, 0.25) is 5.78 Å². The Hall–Kier alpha value is -2.99. The van der Waals surface area contributed by atoms with Crippen LogP contribution < -0.4 is 5.32 Å². The molecule has 0 unspecified atom stereocenters. The second-order valence-corrected chi connectivity index (χ2v) is 6.76. The number of benzene rings is 2. The highest BCUT2D eigenvalue weighted by Gasteiger charge is 2.12. The fourth-order valence-corrected chi connectivity index (χ4v) is 3.12. The summed E-state index contributed by atoms with van der Waals surface area (Å²) in [6.45, 7) is 1.91. The topological polar surface area (TPSA) is 59.3 Å². The zero-order valence-electron chi connectivity index (χ0n) is 14.0. The van der Waals surface area contributed by atoms with Gasteiger partial charge in [-0.2, -0.15) is 0 Å². The summed E-state index contributed by atoms with van der Waals surface area (Å²) in [7, 11) is 0. The maximum absolute atomic E-state index is 12.6. The van der Waals surface area contributed by atoms with E-state index in [-0.39, 0.29) is 5.91 Å². The Morgan fingerprint density at radius 1 is 1.08 bits per heavy atom. The largest absolute Gasteiger partial charge is 0.319 e. The molecule has 2 heterocycles. The number of aromatic nitrogens is 3. The Balaban J connectivity index is 1.63. The average Bonchev–Trinajstić information content (AvgIpc) is 3.08. The van der Waals surface area contributed by atoms with Crippen molar-refractivity contribution in [3.63, 3.8) is 0 Å². The van der Waals surface area contributed by atoms with Crippen LogP contribution in [0.3, 0.4) is 0 Å². The van der Waals surface area contributed by atoms with Crippen LogP contribution in [-0.4, -0.2) is 20.3 Å². The summed E-state index contributed by atoms with van der Waals surface area (Å²) in [6.07, 6.45) is 5.33. The Labute approximate surface area is 158 Å². The number of nitrogens with one attached hydrogen (secondary N) is 1. The molecule has 2 aromatic carbocycles. The zero-order valence-corrected chi connectivity index (χ0v) is 15.6. The van der Waals surface area contributed by atoms with Gasteiger partial charge < -0.3 is 5.32 Å². The van der Waals surface area contributed by atoms with Crippen LogP contribution in [0, 0.1) is 6.92 Å². The molecule has 0 saturated carbocycles. The van der Waals surface area contributed by atoms with Gasteiger partial charge in [0, 0.05) is 28.0 Å². The van der Waals surface area contributed by atoms with Gasteiger partial charge in [0.05, 0.1) is 17.6 Å². The fraction of sp³-hybridized carbons (Fsp3) is 0.0500. The molecule has 0 aliphatic carbocycles. The first-order valence-electron chi connectivity index (χ1n) is 8.08. The molecule has 4 rings (SSSR count). The first-order chi connectivity index (χ1) is 12.6. The number of halogens is 1. The van der Waals surface area contributed by atoms with Crippen LogP contribution in [0.25, 0.3) is 17.0 Å². The molecule has 5 nitrogen and oxygen atoms in total. The van der Waals surface area contributed by atoms with Gasteiger partial charge in [-0.3, -0.25) is 9.20 Å². The number of imidazole rings is 1. The third kappa shape index (κ3) is 3.11. The predicted molar refractivity (Wildman–Crippen MR) is 105 cm³/mol. The van der Waals surface area contributed by atoms with Gasteiger partial charge in [0.15, 0.2) is 0 Å². The Kier molecular flexibility index (Phi) is 4.26. The maximum Gasteiger partial charge on any atom is 0.256 e. The van der Waals surface area contributed by atoms with E-state index < -0.39 is 0 Å². The van der Waals surface area contributed by atoms with Crippen molar-refractivity contribution in [2.75, 3.05) is 5.32 Å². The molecule has 0 spiro atoms. The number of rotatable bonds is 3. The first kappa shape index (κ1) is 16.5. The normalized spacial score (nSPS) is 10.8. The molecule has 0 radical (unpaired) electrons. The van der Waals surface area contributed by atoms with Crippen LogP contribution in [0.15, 0.2) is 71.6 Å². The summed E-state index contributed by atoms with van der Waals surface area (Å²) in [6, 6.07) is 15.5. The van der Waals surface area contributed by atoms with E-state index in [9.17, 15) is 4.79 Å². The third-order valence-corrected chi connectivity index (χ3v) is 5.01. The summed E-state index contributed by atoms with van der Waals surface area (Å²) in [5.41, 5.74) is 3.99. The van der Waals surface area contributed by atoms with Gasteiger partial charge in [0.25, 0.3) is 5.91 Å². The summed E-state index contributed by atoms with van der Waals surface area (Å²) in [5.74, 6) is 0.411. The van der Waals surface area contributed by atoms with Crippen molar-refractivity contribution in [3.8, 4) is 11.3 Å². The summed E-state index contributed by atoms with van der Waals surface area (Å²) >= 11 is 3.45. The number of hydrogen-bond donors (Lipinski definition) is 1. The van der Waals surface area contributed by atoms with Crippen LogP contribution in [0.1, 0.15) is 15.9 Å². The number of nitrogens with zero attached hydrogens (tertiary/aromatic N) is 3. The van der Waals surface area contributed by atoms with Gasteiger partial charge in [-0.25, -0.2) is 9.97 Å². The van der Waals surface area contributed by atoms with Gasteiger partial charge in [-0.15, -0.1) is 0 Å². The molecular formula is C20H15BrN4O. The summed E-state index contributed by atoms with van der Waals surface area (Å²) in [4.78, 5) is 21.4. The molecule has 0 aliphatic rings. The van der Waals surface area contributed by atoms with Gasteiger partial charge >= 0.3 is 0 Å². The number of hydrogen-bond acceptors (Lipinski definition) is 3. The minimum absolute atomic E-state index is 0.173. The number of carbonyl (C=O) groups is 1. The standard InChI is InChI=1S/C20H15BrN4O/c1-13-16(8-5-9-17(13)21)19(26)23-15-10-22-20-24-18(12-25(20)11-15)14-6-3-2-4-7-14/h2-12H,1H3,(H,23,26). The van der Waals surface area contributed by atoms with Crippen molar-refractivity contribution in [2.45, 2.75) is 6.92 Å². The Morgan fingerprint density at radius 2 is 1.88 bits per heavy atom. The quantitative estimate of drug-likeness (QED) is 0.535. The van der Waals surface area contributed by atoms with Crippen molar-refractivity contribution >= 4 is 33.3 Å². The fourth-order valence-electron chi connectivity index (χ4n) is 2.75. The SMILES string of the molecule is Cc1c(Br)cccc1C(=O)Nc1cnc2nc(-c3ccccc3)cn2c1. The van der Waals surface area contributed by atoms with Crippen molar-refractivity contribution in [1.29, 1.82) is 0 Å². The van der Waals surface area contributed by atoms with E-state index in [1.807, 2.05) is 66.2 Å². The minimum Gasteiger partial charge on any atom is -0.319 e. The minimum atomic E-state index is -0.173. The maximum atomic E-state index is 12.6. The van der Waals surface area contributed by atoms with E-state index >= 15 is 0 Å². The Morgan fingerprint density at radius 3 is 2.69 bits per heavy atom. The van der Waals surface area contributed by atoms with Crippen LogP contribution in [0.4, 0.5) is 5.69 Å². The number of amides is 1. The van der Waals surface area contributed by atoms with Crippen LogP contribution in [0.2, 0.25) is 0 Å². The highest BCUT2D eigenvalue weighted by molar-refractivity contribution is 9.10. The second-order valence-electron chi connectivity index (χ2n) is 5.91. The summed E-state index contributed by atoms with van der Waals surface area (Å²) < 4.78 is 2.71. The van der Waals surface area contributed by atoms with Crippen molar-refractivity contribution in [3.05, 3.63) is 82.7 Å². The van der Waals surface area contributed by atoms with E-state index in [0.717, 1.165) is 21.3 Å². The van der Waals surface area contributed by atoms with Crippen LogP contribution in [0.5, 0.6) is 0 Å².